The number of carbonyl (C=O) groups is 1. The first-order valence-electron chi connectivity index (χ1n) is 6.47. The van der Waals surface area contributed by atoms with Crippen LogP contribution in [0.15, 0.2) is 0 Å². The minimum atomic E-state index is -0.366. The van der Waals surface area contributed by atoms with Crippen LogP contribution >= 0.6 is 0 Å². The zero-order chi connectivity index (χ0) is 12.9. The number of piperidine rings is 1. The molecule has 4 nitrogen and oxygen atoms in total. The van der Waals surface area contributed by atoms with Crippen molar-refractivity contribution < 1.29 is 9.53 Å². The minimum absolute atomic E-state index is 0.109. The lowest BCUT2D eigenvalue weighted by Crippen LogP contribution is -2.42. The summed E-state index contributed by atoms with van der Waals surface area (Å²) in [5.74, 6) is -0.109. The number of likely N-dealkylation sites (tertiary alicyclic amines) is 1. The van der Waals surface area contributed by atoms with Crippen molar-refractivity contribution in [2.45, 2.75) is 39.2 Å². The van der Waals surface area contributed by atoms with Gasteiger partial charge in [0.05, 0.1) is 12.5 Å². The molecule has 1 aliphatic heterocycles. The highest BCUT2D eigenvalue weighted by Crippen LogP contribution is 2.23. The smallest absolute Gasteiger partial charge is 0.311 e. The number of ether oxygens (including phenoxy) is 1. The fraction of sp³-hybridized carbons (Fsp3) is 0.923. The Bertz CT molecular complexity index is 246. The van der Waals surface area contributed by atoms with Crippen molar-refractivity contribution in [1.82, 2.24) is 10.2 Å². The predicted octanol–water partition coefficient (Wildman–Crippen LogP) is 1.26. The van der Waals surface area contributed by atoms with Gasteiger partial charge >= 0.3 is 5.97 Å². The normalized spacial score (nSPS) is 19.3. The molecule has 1 N–H and O–H groups in total. The molecule has 0 bridgehead atoms. The highest BCUT2D eigenvalue weighted by atomic mass is 16.5. The van der Waals surface area contributed by atoms with E-state index in [0.29, 0.717) is 6.04 Å². The second-order valence-corrected chi connectivity index (χ2v) is 5.53. The van der Waals surface area contributed by atoms with Gasteiger partial charge in [0.15, 0.2) is 0 Å². The van der Waals surface area contributed by atoms with Crippen LogP contribution in [0.25, 0.3) is 0 Å². The summed E-state index contributed by atoms with van der Waals surface area (Å²) in [5, 5.41) is 3.32. The lowest BCUT2D eigenvalue weighted by Gasteiger charge is -2.33. The molecule has 0 amide bonds. The summed E-state index contributed by atoms with van der Waals surface area (Å²) in [6.07, 6.45) is 3.27. The van der Waals surface area contributed by atoms with Crippen molar-refractivity contribution in [2.75, 3.05) is 33.8 Å². The molecule has 4 heteroatoms. The van der Waals surface area contributed by atoms with E-state index < -0.39 is 0 Å². The van der Waals surface area contributed by atoms with Crippen molar-refractivity contribution in [1.29, 1.82) is 0 Å². The number of nitrogens with zero attached hydrogens (tertiary/aromatic N) is 1. The second kappa shape index (κ2) is 6.36. The molecule has 17 heavy (non-hydrogen) atoms. The highest BCUT2D eigenvalue weighted by Gasteiger charge is 2.29. The maximum atomic E-state index is 11.6. The topological polar surface area (TPSA) is 41.6 Å². The summed E-state index contributed by atoms with van der Waals surface area (Å²) in [7, 11) is 3.49. The first-order chi connectivity index (χ1) is 7.99. The average Bonchev–Trinajstić information content (AvgIpc) is 2.36. The third-order valence-corrected chi connectivity index (χ3v) is 3.79. The van der Waals surface area contributed by atoms with Crippen molar-refractivity contribution in [3.8, 4) is 0 Å². The molecule has 1 heterocycles. The number of hydrogen-bond acceptors (Lipinski definition) is 4. The number of nitrogens with one attached hydrogen (secondary N) is 1. The Morgan fingerprint density at radius 3 is 2.47 bits per heavy atom. The van der Waals surface area contributed by atoms with E-state index in [1.165, 1.54) is 20.0 Å². The van der Waals surface area contributed by atoms with Gasteiger partial charge in [-0.15, -0.1) is 0 Å². The van der Waals surface area contributed by atoms with Crippen molar-refractivity contribution in [2.24, 2.45) is 5.41 Å². The third kappa shape index (κ3) is 4.28. The molecule has 100 valence electrons. The first-order valence-corrected chi connectivity index (χ1v) is 6.47. The maximum Gasteiger partial charge on any atom is 0.311 e. The lowest BCUT2D eigenvalue weighted by molar-refractivity contribution is -0.151. The Balaban J connectivity index is 2.30. The molecule has 0 aromatic heterocycles. The van der Waals surface area contributed by atoms with Crippen LogP contribution in [0.3, 0.4) is 0 Å². The standard InChI is InChI=1S/C13H26N2O2/c1-13(2,12(16)17-4)7-10-15-8-5-11(14-3)6-9-15/h11,14H,5-10H2,1-4H3. The molecule has 1 rings (SSSR count). The van der Waals surface area contributed by atoms with Crippen LogP contribution in [0, 0.1) is 5.41 Å². The van der Waals surface area contributed by atoms with Gasteiger partial charge < -0.3 is 15.0 Å². The Kier molecular flexibility index (Phi) is 5.40. The second-order valence-electron chi connectivity index (χ2n) is 5.53. The molecule has 1 aliphatic rings. The molecule has 0 spiro atoms. The maximum absolute atomic E-state index is 11.6. The van der Waals surface area contributed by atoms with E-state index in [2.05, 4.69) is 10.2 Å². The molecule has 0 radical (unpaired) electrons. The fourth-order valence-corrected chi connectivity index (χ4v) is 2.26. The summed E-state index contributed by atoms with van der Waals surface area (Å²) in [4.78, 5) is 14.0. The van der Waals surface area contributed by atoms with Gasteiger partial charge in [-0.1, -0.05) is 0 Å². The molecule has 1 saturated heterocycles. The number of esters is 1. The van der Waals surface area contributed by atoms with Crippen LogP contribution in [-0.4, -0.2) is 50.7 Å². The van der Waals surface area contributed by atoms with E-state index in [0.717, 1.165) is 26.1 Å². The molecule has 0 atom stereocenters. The molecule has 0 saturated carbocycles. The van der Waals surface area contributed by atoms with Gasteiger partial charge in [0.1, 0.15) is 0 Å². The largest absolute Gasteiger partial charge is 0.469 e. The zero-order valence-electron chi connectivity index (χ0n) is 11.6. The van der Waals surface area contributed by atoms with Crippen LogP contribution in [0.1, 0.15) is 33.1 Å². The number of rotatable bonds is 5. The van der Waals surface area contributed by atoms with Crippen molar-refractivity contribution in [3.05, 3.63) is 0 Å². The molecule has 1 fully saturated rings. The van der Waals surface area contributed by atoms with Crippen LogP contribution in [0.2, 0.25) is 0 Å². The molecule has 0 aliphatic carbocycles. The van der Waals surface area contributed by atoms with Crippen molar-refractivity contribution in [3.63, 3.8) is 0 Å². The van der Waals surface area contributed by atoms with Crippen LogP contribution < -0.4 is 5.32 Å². The van der Waals surface area contributed by atoms with Crippen molar-refractivity contribution >= 4 is 5.97 Å². The highest BCUT2D eigenvalue weighted by molar-refractivity contribution is 5.75. The molecule has 0 aromatic carbocycles. The fourth-order valence-electron chi connectivity index (χ4n) is 2.26. The Morgan fingerprint density at radius 2 is 2.00 bits per heavy atom. The predicted molar refractivity (Wildman–Crippen MR) is 68.9 cm³/mol. The van der Waals surface area contributed by atoms with E-state index in [1.54, 1.807) is 0 Å². The molecular weight excluding hydrogens is 216 g/mol. The summed E-state index contributed by atoms with van der Waals surface area (Å²) >= 11 is 0. The SMILES string of the molecule is CNC1CCN(CCC(C)(C)C(=O)OC)CC1. The van der Waals surface area contributed by atoms with Gasteiger partial charge in [0, 0.05) is 6.04 Å². The van der Waals surface area contributed by atoms with Gasteiger partial charge in [0.2, 0.25) is 0 Å². The van der Waals surface area contributed by atoms with Crippen LogP contribution in [0.4, 0.5) is 0 Å². The van der Waals surface area contributed by atoms with E-state index in [9.17, 15) is 4.79 Å². The number of methoxy groups -OCH3 is 1. The first kappa shape index (κ1) is 14.5. The monoisotopic (exact) mass is 242 g/mol. The summed E-state index contributed by atoms with van der Waals surface area (Å²) in [6.45, 7) is 7.16. The van der Waals surface area contributed by atoms with E-state index in [4.69, 9.17) is 4.74 Å². The molecule has 0 aromatic rings. The lowest BCUT2D eigenvalue weighted by atomic mass is 9.89. The van der Waals surface area contributed by atoms with Crippen LogP contribution in [-0.2, 0) is 9.53 Å². The minimum Gasteiger partial charge on any atom is -0.469 e. The summed E-state index contributed by atoms with van der Waals surface area (Å²) < 4.78 is 4.82. The zero-order valence-corrected chi connectivity index (χ0v) is 11.6. The van der Waals surface area contributed by atoms with E-state index in [-0.39, 0.29) is 11.4 Å². The number of hydrogen-bond donors (Lipinski definition) is 1. The number of carbonyl (C=O) groups excluding carboxylic acids is 1. The third-order valence-electron chi connectivity index (χ3n) is 3.79. The quantitative estimate of drug-likeness (QED) is 0.737. The van der Waals surface area contributed by atoms with E-state index in [1.807, 2.05) is 20.9 Å². The van der Waals surface area contributed by atoms with Gasteiger partial charge in [0.25, 0.3) is 0 Å². The summed E-state index contributed by atoms with van der Waals surface area (Å²) in [5.41, 5.74) is -0.366. The Labute approximate surface area is 105 Å². The van der Waals surface area contributed by atoms with Gasteiger partial charge in [-0.25, -0.2) is 0 Å². The van der Waals surface area contributed by atoms with Gasteiger partial charge in [-0.3, -0.25) is 4.79 Å². The Hall–Kier alpha value is -0.610. The van der Waals surface area contributed by atoms with Gasteiger partial charge in [-0.2, -0.15) is 0 Å². The Morgan fingerprint density at radius 1 is 1.41 bits per heavy atom. The average molecular weight is 242 g/mol. The molecular formula is C13H26N2O2. The summed E-state index contributed by atoms with van der Waals surface area (Å²) in [6, 6.07) is 0.667. The van der Waals surface area contributed by atoms with E-state index >= 15 is 0 Å². The van der Waals surface area contributed by atoms with Gasteiger partial charge in [-0.05, 0) is 59.8 Å². The van der Waals surface area contributed by atoms with Crippen LogP contribution in [0.5, 0.6) is 0 Å². The molecule has 0 unspecified atom stereocenters.